The highest BCUT2D eigenvalue weighted by molar-refractivity contribution is 6.00. The molecule has 0 aliphatic rings. The fourth-order valence-corrected chi connectivity index (χ4v) is 6.66. The molecule has 3 atom stereocenters. The maximum Gasteiger partial charge on any atom is 0.363 e. The molecule has 0 aliphatic heterocycles. The van der Waals surface area contributed by atoms with Crippen molar-refractivity contribution in [3.05, 3.63) is 71.0 Å². The summed E-state index contributed by atoms with van der Waals surface area (Å²) >= 11 is 0. The maximum atomic E-state index is 13.8. The number of methoxy groups -OCH3 is 1. The molecule has 65 heavy (non-hydrogen) atoms. The highest BCUT2D eigenvalue weighted by atomic mass is 19.1. The van der Waals surface area contributed by atoms with Crippen molar-refractivity contribution in [1.82, 2.24) is 21.0 Å². The number of rotatable bonds is 30. The van der Waals surface area contributed by atoms with E-state index in [1.54, 1.807) is 19.9 Å². The van der Waals surface area contributed by atoms with Gasteiger partial charge in [-0.25, -0.2) is 14.0 Å². The first-order chi connectivity index (χ1) is 31.4. The number of amides is 4. The Morgan fingerprint density at radius 3 is 2.17 bits per heavy atom. The summed E-state index contributed by atoms with van der Waals surface area (Å²) < 4.78 is 41.1. The van der Waals surface area contributed by atoms with Gasteiger partial charge in [-0.05, 0) is 75.1 Å². The number of carbonyl (C=O) groups is 7. The molecule has 0 unspecified atom stereocenters. The number of carbonyl (C=O) groups excluding carboxylic acids is 7. The van der Waals surface area contributed by atoms with Gasteiger partial charge in [-0.15, -0.1) is 0 Å². The number of unbranched alkanes of at least 4 members (excludes halogenated alkanes) is 4. The quantitative estimate of drug-likeness (QED) is 0.0202. The van der Waals surface area contributed by atoms with Crippen LogP contribution in [-0.4, -0.2) is 92.8 Å². The van der Waals surface area contributed by atoms with Crippen LogP contribution in [0.1, 0.15) is 136 Å². The van der Waals surface area contributed by atoms with Crippen molar-refractivity contribution in [2.75, 3.05) is 33.6 Å². The van der Waals surface area contributed by atoms with Gasteiger partial charge in [0.15, 0.2) is 5.76 Å². The molecule has 356 valence electrons. The number of benzene rings is 2. The van der Waals surface area contributed by atoms with Crippen LogP contribution in [0.15, 0.2) is 52.9 Å². The van der Waals surface area contributed by atoms with Gasteiger partial charge in [0, 0.05) is 11.1 Å². The second-order valence-corrected chi connectivity index (χ2v) is 14.9. The second kappa shape index (κ2) is 28.4. The normalized spacial score (nSPS) is 12.2. The minimum absolute atomic E-state index is 0.00532. The zero-order valence-corrected chi connectivity index (χ0v) is 38.2. The van der Waals surface area contributed by atoms with E-state index in [0.29, 0.717) is 43.4 Å². The van der Waals surface area contributed by atoms with Gasteiger partial charge in [-0.3, -0.25) is 24.0 Å². The lowest BCUT2D eigenvalue weighted by atomic mass is 9.90. The number of alkyl halides is 1. The monoisotopic (exact) mass is 910 g/mol. The van der Waals surface area contributed by atoms with E-state index in [1.807, 2.05) is 20.8 Å². The predicted molar refractivity (Wildman–Crippen MR) is 236 cm³/mol. The molecular weight excluding hydrogens is 848 g/mol. The van der Waals surface area contributed by atoms with Crippen LogP contribution in [0.2, 0.25) is 0 Å². The first kappa shape index (κ1) is 52.9. The van der Waals surface area contributed by atoms with Crippen LogP contribution < -0.4 is 25.4 Å². The van der Waals surface area contributed by atoms with Crippen LogP contribution in [0, 0.1) is 5.92 Å². The Kier molecular flexibility index (Phi) is 23.1. The SMILES string of the molecule is CCCCC[C@@H](C(=O)NCNC(=O)c1ccc(-c2ccc(C(=O)N[C@@H](CC(=O)OCCCC)C(=O)OCCCC)c(OCC)c2)o1)[C@@H](CC)N(C=O)OC(=O)c1ccc(OC)cc1CF. The summed E-state index contributed by atoms with van der Waals surface area (Å²) in [4.78, 5) is 96.8. The molecule has 4 amide bonds. The molecular formula is C47H63FN4O13. The largest absolute Gasteiger partial charge is 0.497 e. The number of halogens is 1. The van der Waals surface area contributed by atoms with E-state index in [9.17, 15) is 38.0 Å². The maximum absolute atomic E-state index is 13.8. The van der Waals surface area contributed by atoms with E-state index in [-0.39, 0.29) is 66.9 Å². The van der Waals surface area contributed by atoms with Gasteiger partial charge in [0.25, 0.3) is 11.8 Å². The van der Waals surface area contributed by atoms with Gasteiger partial charge in [0.05, 0.1) is 63.1 Å². The summed E-state index contributed by atoms with van der Waals surface area (Å²) in [6.07, 6.45) is 5.55. The number of nitrogens with one attached hydrogen (secondary N) is 3. The number of hydrogen-bond acceptors (Lipinski definition) is 13. The molecule has 17 nitrogen and oxygen atoms in total. The Bertz CT molecular complexity index is 2040. The summed E-state index contributed by atoms with van der Waals surface area (Å²) in [6.45, 7) is 8.51. The summed E-state index contributed by atoms with van der Waals surface area (Å²) in [6, 6.07) is 9.46. The molecule has 3 N–H and O–H groups in total. The van der Waals surface area contributed by atoms with Crippen molar-refractivity contribution in [2.45, 2.75) is 118 Å². The van der Waals surface area contributed by atoms with E-state index in [2.05, 4.69) is 16.0 Å². The lowest BCUT2D eigenvalue weighted by molar-refractivity contribution is -0.171. The van der Waals surface area contributed by atoms with Crippen molar-refractivity contribution >= 4 is 42.0 Å². The summed E-state index contributed by atoms with van der Waals surface area (Å²) in [7, 11) is 1.40. The molecule has 0 saturated heterocycles. The minimum atomic E-state index is -1.31. The van der Waals surface area contributed by atoms with Gasteiger partial charge in [-0.1, -0.05) is 65.9 Å². The van der Waals surface area contributed by atoms with Crippen LogP contribution in [0.3, 0.4) is 0 Å². The van der Waals surface area contributed by atoms with Crippen molar-refractivity contribution in [1.29, 1.82) is 0 Å². The Hall–Kier alpha value is -6.46. The second-order valence-electron chi connectivity index (χ2n) is 14.9. The smallest absolute Gasteiger partial charge is 0.363 e. The summed E-state index contributed by atoms with van der Waals surface area (Å²) in [5.74, 6) is -4.50. The molecule has 0 radical (unpaired) electrons. The Morgan fingerprint density at radius 1 is 0.815 bits per heavy atom. The molecule has 1 heterocycles. The average Bonchev–Trinajstić information content (AvgIpc) is 3.81. The van der Waals surface area contributed by atoms with Crippen LogP contribution in [-0.2, 0) is 40.2 Å². The first-order valence-corrected chi connectivity index (χ1v) is 22.1. The number of furan rings is 1. The average molecular weight is 911 g/mol. The van der Waals surface area contributed by atoms with Crippen LogP contribution >= 0.6 is 0 Å². The Labute approximate surface area is 379 Å². The standard InChI is InChI=1S/C47H63FN4O13/c1-7-12-15-16-35(38(10-4)52(30-53)65-46(58)34-20-18-33(60-6)25-32(34)28-48)43(55)49-29-50-45(57)40-22-21-39(64-40)31-17-19-36(41(26-31)61-11-5)44(56)51-37(47(59)63-24-14-9-3)27-42(54)62-23-13-8-2/h17-22,25-26,30,35,37-38H,7-16,23-24,27-29H2,1-6H3,(H,49,55)(H,50,57)(H,51,56)/t35-,37+,38-/m1/s1. The lowest BCUT2D eigenvalue weighted by Crippen LogP contribution is -2.49. The summed E-state index contributed by atoms with van der Waals surface area (Å²) in [5, 5.41) is 8.64. The molecule has 0 saturated carbocycles. The fourth-order valence-electron chi connectivity index (χ4n) is 6.66. The van der Waals surface area contributed by atoms with E-state index in [4.69, 9.17) is 28.2 Å². The molecule has 1 aromatic heterocycles. The van der Waals surface area contributed by atoms with Gasteiger partial charge in [-0.2, -0.15) is 5.06 Å². The highest BCUT2D eigenvalue weighted by Gasteiger charge is 2.34. The first-order valence-electron chi connectivity index (χ1n) is 22.1. The molecule has 0 spiro atoms. The molecule has 0 fully saturated rings. The lowest BCUT2D eigenvalue weighted by Gasteiger charge is -2.32. The van der Waals surface area contributed by atoms with Gasteiger partial charge >= 0.3 is 17.9 Å². The third kappa shape index (κ3) is 16.2. The molecule has 3 aromatic rings. The molecule has 3 rings (SSSR count). The van der Waals surface area contributed by atoms with Crippen molar-refractivity contribution in [2.24, 2.45) is 5.92 Å². The van der Waals surface area contributed by atoms with Gasteiger partial charge in [0.1, 0.15) is 30.0 Å². The van der Waals surface area contributed by atoms with Crippen molar-refractivity contribution < 1.29 is 66.2 Å². The topological polar surface area (TPSA) is 218 Å². The van der Waals surface area contributed by atoms with E-state index >= 15 is 0 Å². The zero-order valence-electron chi connectivity index (χ0n) is 38.2. The van der Waals surface area contributed by atoms with Crippen LogP contribution in [0.4, 0.5) is 4.39 Å². The van der Waals surface area contributed by atoms with Crippen molar-refractivity contribution in [3.63, 3.8) is 0 Å². The number of hydroxylamine groups is 2. The number of esters is 2. The molecule has 0 aliphatic carbocycles. The fraction of sp³-hybridized carbons (Fsp3) is 0.511. The van der Waals surface area contributed by atoms with Crippen LogP contribution in [0.5, 0.6) is 11.5 Å². The number of hydrogen-bond donors (Lipinski definition) is 3. The Balaban J connectivity index is 1.72. The van der Waals surface area contributed by atoms with E-state index in [0.717, 1.165) is 30.7 Å². The van der Waals surface area contributed by atoms with Crippen molar-refractivity contribution in [3.8, 4) is 22.8 Å². The third-order valence-electron chi connectivity index (χ3n) is 10.2. The van der Waals surface area contributed by atoms with Gasteiger partial charge < -0.3 is 44.2 Å². The number of ether oxygens (including phenoxy) is 4. The van der Waals surface area contributed by atoms with E-state index in [1.165, 1.54) is 49.6 Å². The Morgan fingerprint density at radius 2 is 1.52 bits per heavy atom. The molecule has 2 aromatic carbocycles. The van der Waals surface area contributed by atoms with E-state index < -0.39 is 66.7 Å². The predicted octanol–water partition coefficient (Wildman–Crippen LogP) is 7.01. The third-order valence-corrected chi connectivity index (χ3v) is 10.2. The number of nitrogens with zero attached hydrogens (tertiary/aromatic N) is 1. The zero-order chi connectivity index (χ0) is 47.7. The minimum Gasteiger partial charge on any atom is -0.497 e. The van der Waals surface area contributed by atoms with Gasteiger partial charge in [0.2, 0.25) is 12.3 Å². The molecule has 0 bridgehead atoms. The van der Waals surface area contributed by atoms with Crippen LogP contribution in [0.25, 0.3) is 11.3 Å². The summed E-state index contributed by atoms with van der Waals surface area (Å²) in [5.41, 5.74) is 0.413. The molecule has 18 heteroatoms. The highest BCUT2D eigenvalue weighted by Crippen LogP contribution is 2.30.